The summed E-state index contributed by atoms with van der Waals surface area (Å²) in [5.41, 5.74) is 3.63. The summed E-state index contributed by atoms with van der Waals surface area (Å²) in [6, 6.07) is 5.72. The summed E-state index contributed by atoms with van der Waals surface area (Å²) in [6.45, 7) is 0.632. The molecule has 0 aliphatic rings. The van der Waals surface area contributed by atoms with Crippen LogP contribution in [0.1, 0.15) is 5.56 Å². The van der Waals surface area contributed by atoms with E-state index in [1.165, 1.54) is 0 Å². The van der Waals surface area contributed by atoms with Crippen LogP contribution >= 0.6 is 27.5 Å². The van der Waals surface area contributed by atoms with Crippen molar-refractivity contribution in [3.63, 3.8) is 0 Å². The monoisotopic (exact) mass is 234 g/mol. The lowest BCUT2D eigenvalue weighted by Crippen LogP contribution is -2.20. The second kappa shape index (κ2) is 4.07. The molecule has 0 saturated heterocycles. The van der Waals surface area contributed by atoms with Crippen LogP contribution in [0, 0.1) is 0 Å². The second-order valence-corrected chi connectivity index (χ2v) is 3.39. The van der Waals surface area contributed by atoms with E-state index in [2.05, 4.69) is 21.4 Å². The molecule has 11 heavy (non-hydrogen) atoms. The van der Waals surface area contributed by atoms with Crippen LogP contribution in [0.15, 0.2) is 22.7 Å². The Bertz CT molecular complexity index is 252. The third-order valence-electron chi connectivity index (χ3n) is 1.29. The van der Waals surface area contributed by atoms with E-state index in [1.807, 2.05) is 18.2 Å². The van der Waals surface area contributed by atoms with Gasteiger partial charge >= 0.3 is 0 Å². The van der Waals surface area contributed by atoms with Crippen molar-refractivity contribution in [2.24, 2.45) is 5.84 Å². The number of benzene rings is 1. The van der Waals surface area contributed by atoms with Gasteiger partial charge in [-0.2, -0.15) is 0 Å². The van der Waals surface area contributed by atoms with Gasteiger partial charge in [0.2, 0.25) is 0 Å². The maximum absolute atomic E-state index is 5.83. The van der Waals surface area contributed by atoms with Gasteiger partial charge in [0.1, 0.15) is 0 Å². The summed E-state index contributed by atoms with van der Waals surface area (Å²) in [5.74, 6) is 5.14. The van der Waals surface area contributed by atoms with Gasteiger partial charge in [0.05, 0.1) is 5.02 Å². The number of hydrazine groups is 1. The fraction of sp³-hybridized carbons (Fsp3) is 0.143. The zero-order chi connectivity index (χ0) is 8.27. The highest BCUT2D eigenvalue weighted by Gasteiger charge is 1.96. The lowest BCUT2D eigenvalue weighted by atomic mass is 10.2. The summed E-state index contributed by atoms with van der Waals surface area (Å²) in [7, 11) is 0. The lowest BCUT2D eigenvalue weighted by Gasteiger charge is -2.01. The number of rotatable bonds is 2. The first-order chi connectivity index (χ1) is 5.24. The topological polar surface area (TPSA) is 38.0 Å². The first kappa shape index (κ1) is 9.00. The molecule has 1 aromatic rings. The molecular formula is C7H8BrClN2. The first-order valence-electron chi connectivity index (χ1n) is 3.11. The first-order valence-corrected chi connectivity index (χ1v) is 4.28. The molecule has 0 aliphatic carbocycles. The minimum atomic E-state index is 0.632. The fourth-order valence-electron chi connectivity index (χ4n) is 0.767. The summed E-state index contributed by atoms with van der Waals surface area (Å²) in [6.07, 6.45) is 0. The average molecular weight is 236 g/mol. The standard InChI is InChI=1S/C7H8BrClN2/c8-6-2-1-5(4-11-10)3-7(6)9/h1-3,11H,4,10H2. The molecule has 0 unspecified atom stereocenters. The molecule has 1 rings (SSSR count). The predicted molar refractivity (Wildman–Crippen MR) is 50.2 cm³/mol. The molecule has 3 N–H and O–H groups in total. The molecule has 0 aliphatic heterocycles. The van der Waals surface area contributed by atoms with Crippen LogP contribution in [0.2, 0.25) is 5.02 Å². The van der Waals surface area contributed by atoms with Gasteiger partial charge in [-0.05, 0) is 33.6 Å². The number of nitrogens with one attached hydrogen (secondary N) is 1. The average Bonchev–Trinajstić information content (AvgIpc) is 1.98. The van der Waals surface area contributed by atoms with Crippen LogP contribution in [-0.4, -0.2) is 0 Å². The Labute approximate surface area is 78.8 Å². The quantitative estimate of drug-likeness (QED) is 0.608. The van der Waals surface area contributed by atoms with Crippen molar-refractivity contribution in [1.82, 2.24) is 5.43 Å². The van der Waals surface area contributed by atoms with Crippen LogP contribution in [0.5, 0.6) is 0 Å². The van der Waals surface area contributed by atoms with Crippen LogP contribution in [0.3, 0.4) is 0 Å². The lowest BCUT2D eigenvalue weighted by molar-refractivity contribution is 0.741. The van der Waals surface area contributed by atoms with Crippen LogP contribution in [-0.2, 0) is 6.54 Å². The molecule has 0 bridgehead atoms. The molecular weight excluding hydrogens is 227 g/mol. The van der Waals surface area contributed by atoms with E-state index in [9.17, 15) is 0 Å². The summed E-state index contributed by atoms with van der Waals surface area (Å²) in [4.78, 5) is 0. The summed E-state index contributed by atoms with van der Waals surface area (Å²) >= 11 is 9.13. The normalized spacial score (nSPS) is 10.1. The van der Waals surface area contributed by atoms with Crippen molar-refractivity contribution in [3.8, 4) is 0 Å². The molecule has 60 valence electrons. The van der Waals surface area contributed by atoms with E-state index in [0.29, 0.717) is 11.6 Å². The molecule has 4 heteroatoms. The van der Waals surface area contributed by atoms with E-state index >= 15 is 0 Å². The fourth-order valence-corrected chi connectivity index (χ4v) is 1.22. The number of hydrogen-bond acceptors (Lipinski definition) is 2. The maximum Gasteiger partial charge on any atom is 0.0551 e. The SMILES string of the molecule is NNCc1ccc(Br)c(Cl)c1. The van der Waals surface area contributed by atoms with Gasteiger partial charge < -0.3 is 0 Å². The molecule has 0 amide bonds. The Morgan fingerprint density at radius 3 is 2.82 bits per heavy atom. The Morgan fingerprint density at radius 1 is 1.55 bits per heavy atom. The predicted octanol–water partition coefficient (Wildman–Crippen LogP) is 2.07. The van der Waals surface area contributed by atoms with Gasteiger partial charge in [-0.25, -0.2) is 0 Å². The van der Waals surface area contributed by atoms with Gasteiger partial charge in [0.15, 0.2) is 0 Å². The van der Waals surface area contributed by atoms with Gasteiger partial charge in [0, 0.05) is 11.0 Å². The zero-order valence-electron chi connectivity index (χ0n) is 5.77. The third-order valence-corrected chi connectivity index (χ3v) is 2.52. The summed E-state index contributed by atoms with van der Waals surface area (Å²) in [5, 5.41) is 0.706. The largest absolute Gasteiger partial charge is 0.271 e. The minimum absolute atomic E-state index is 0.632. The van der Waals surface area contributed by atoms with Gasteiger partial charge in [-0.3, -0.25) is 11.3 Å². The Balaban J connectivity index is 2.86. The number of hydrogen-bond donors (Lipinski definition) is 2. The molecule has 0 aromatic heterocycles. The molecule has 0 fully saturated rings. The number of halogens is 2. The Morgan fingerprint density at radius 2 is 2.27 bits per heavy atom. The van der Waals surface area contributed by atoms with Crippen molar-refractivity contribution in [1.29, 1.82) is 0 Å². The molecule has 0 radical (unpaired) electrons. The van der Waals surface area contributed by atoms with Crippen LogP contribution in [0.25, 0.3) is 0 Å². The van der Waals surface area contributed by atoms with E-state index in [4.69, 9.17) is 17.4 Å². The van der Waals surface area contributed by atoms with E-state index in [1.54, 1.807) is 0 Å². The molecule has 0 saturated carbocycles. The second-order valence-electron chi connectivity index (χ2n) is 2.13. The van der Waals surface area contributed by atoms with Crippen molar-refractivity contribution in [3.05, 3.63) is 33.3 Å². The zero-order valence-corrected chi connectivity index (χ0v) is 8.11. The summed E-state index contributed by atoms with van der Waals surface area (Å²) < 4.78 is 0.903. The van der Waals surface area contributed by atoms with Crippen molar-refractivity contribution in [2.45, 2.75) is 6.54 Å². The van der Waals surface area contributed by atoms with E-state index in [-0.39, 0.29) is 0 Å². The molecule has 0 atom stereocenters. The minimum Gasteiger partial charge on any atom is -0.271 e. The third kappa shape index (κ3) is 2.45. The highest BCUT2D eigenvalue weighted by molar-refractivity contribution is 9.10. The van der Waals surface area contributed by atoms with Crippen molar-refractivity contribution < 1.29 is 0 Å². The highest BCUT2D eigenvalue weighted by Crippen LogP contribution is 2.22. The Kier molecular flexibility index (Phi) is 3.33. The van der Waals surface area contributed by atoms with Gasteiger partial charge in [0.25, 0.3) is 0 Å². The van der Waals surface area contributed by atoms with Crippen molar-refractivity contribution in [2.75, 3.05) is 0 Å². The highest BCUT2D eigenvalue weighted by atomic mass is 79.9. The Hall–Kier alpha value is -0.0900. The van der Waals surface area contributed by atoms with Gasteiger partial charge in [-0.15, -0.1) is 0 Å². The number of nitrogens with two attached hydrogens (primary N) is 1. The van der Waals surface area contributed by atoms with Crippen molar-refractivity contribution >= 4 is 27.5 Å². The van der Waals surface area contributed by atoms with Crippen LogP contribution in [0.4, 0.5) is 0 Å². The smallest absolute Gasteiger partial charge is 0.0551 e. The molecule has 1 aromatic carbocycles. The molecule has 2 nitrogen and oxygen atoms in total. The molecule has 0 heterocycles. The molecule has 0 spiro atoms. The van der Waals surface area contributed by atoms with E-state index < -0.39 is 0 Å². The maximum atomic E-state index is 5.83. The van der Waals surface area contributed by atoms with Gasteiger partial charge in [-0.1, -0.05) is 17.7 Å². The van der Waals surface area contributed by atoms with Crippen LogP contribution < -0.4 is 11.3 Å². The van der Waals surface area contributed by atoms with E-state index in [0.717, 1.165) is 10.0 Å².